The molecule has 2 amide bonds. The van der Waals surface area contributed by atoms with Gasteiger partial charge >= 0.3 is 5.97 Å². The molecular weight excluding hydrogens is 868 g/mol. The van der Waals surface area contributed by atoms with Gasteiger partial charge in [-0.05, 0) is 92.8 Å². The summed E-state index contributed by atoms with van der Waals surface area (Å²) in [6.45, 7) is 4.56. The molecule has 0 unspecified atom stereocenters. The number of ketones is 1. The summed E-state index contributed by atoms with van der Waals surface area (Å²) in [5, 5.41) is 10.1. The van der Waals surface area contributed by atoms with Crippen LogP contribution in [0.25, 0.3) is 11.6 Å². The zero-order chi connectivity index (χ0) is 44.1. The molecule has 2 spiro atoms. The van der Waals surface area contributed by atoms with E-state index < -0.39 is 40.5 Å². The van der Waals surface area contributed by atoms with E-state index in [2.05, 4.69) is 16.0 Å². The maximum Gasteiger partial charge on any atom is 0.323 e. The molecule has 2 saturated carbocycles. The number of carbonyl (C=O) groups is 4. The van der Waals surface area contributed by atoms with Gasteiger partial charge < -0.3 is 21.1 Å². The number of fused-ring (bicyclic) bond motifs is 4. The van der Waals surface area contributed by atoms with E-state index in [0.717, 1.165) is 50.6 Å². The summed E-state index contributed by atoms with van der Waals surface area (Å²) >= 11 is 24.0. The first-order chi connectivity index (χ1) is 29.2. The van der Waals surface area contributed by atoms with E-state index in [-0.39, 0.29) is 39.6 Å². The Morgan fingerprint density at radius 2 is 1.43 bits per heavy atom. The van der Waals surface area contributed by atoms with Crippen LogP contribution in [-0.2, 0) is 29.3 Å². The van der Waals surface area contributed by atoms with Crippen LogP contribution in [0.5, 0.6) is 0 Å². The number of nitrogens with two attached hydrogens (primary N) is 1. The van der Waals surface area contributed by atoms with Crippen LogP contribution in [-0.4, -0.2) is 48.3 Å². The Kier molecular flexibility index (Phi) is 15.0. The minimum Gasteiger partial charge on any atom is -0.465 e. The smallest absolute Gasteiger partial charge is 0.323 e. The average molecular weight is 915 g/mol. The highest BCUT2D eigenvalue weighted by atomic mass is 35.5. The lowest BCUT2D eigenvalue weighted by Crippen LogP contribution is -2.57. The van der Waals surface area contributed by atoms with E-state index in [1.165, 1.54) is 18.2 Å². The fourth-order valence-corrected chi connectivity index (χ4v) is 9.83. The number of hydrogen-bond donors (Lipinski definition) is 4. The van der Waals surface area contributed by atoms with Crippen LogP contribution in [0, 0.1) is 11.6 Å². The number of rotatable bonds is 4. The number of halogens is 6. The first-order valence-electron chi connectivity index (χ1n) is 20.2. The summed E-state index contributed by atoms with van der Waals surface area (Å²) < 4.78 is 34.8. The molecule has 4 aromatic rings. The minimum absolute atomic E-state index is 0.0223. The topological polar surface area (TPSA) is 140 Å². The van der Waals surface area contributed by atoms with Crippen molar-refractivity contribution in [3.8, 4) is 0 Å². The van der Waals surface area contributed by atoms with E-state index in [1.54, 1.807) is 61.5 Å². The molecule has 15 heteroatoms. The van der Waals surface area contributed by atoms with Crippen molar-refractivity contribution in [1.29, 1.82) is 0 Å². The molecule has 5 N–H and O–H groups in total. The van der Waals surface area contributed by atoms with E-state index in [0.29, 0.717) is 51.2 Å². The molecule has 9 nitrogen and oxygen atoms in total. The van der Waals surface area contributed by atoms with Crippen LogP contribution in [0.3, 0.4) is 0 Å². The second-order valence-corrected chi connectivity index (χ2v) is 16.9. The van der Waals surface area contributed by atoms with E-state index in [9.17, 15) is 23.6 Å². The van der Waals surface area contributed by atoms with Crippen LogP contribution >= 0.6 is 46.4 Å². The fraction of sp³-hybridized carbons (Fsp3) is 0.348. The Hall–Kier alpha value is -4.36. The number of benzene rings is 4. The molecule has 322 valence electrons. The highest BCUT2D eigenvalue weighted by Crippen LogP contribution is 2.63. The van der Waals surface area contributed by atoms with Crippen molar-refractivity contribution in [3.05, 3.63) is 127 Å². The standard InChI is InChI=1S/C24H23Cl2FN2O3.C15H8Cl2FNO.C5H8O.C2H7N/c1-2-32-21(30)20-18(14-6-5-7-16(26)19(14)27)24(23(29-20)10-3-4-11-23)15-9-8-13(25)12-17(15)28-22(24)31;16-9-4-5-10-11(15(20)19-13(10)7-9)6-8-2-1-3-12(17)14(8)18;6-5-3-1-2-4-5;1-2-3/h5-9,12,18,20,29H,2-4,10-11H2,1H3,(H,28,31);1-7H,(H,19,20);1-4H2;2-3H2,1H3/t18-,20+,24+;;;/m0.../s1. The van der Waals surface area contributed by atoms with Gasteiger partial charge in [0, 0.05) is 56.7 Å². The van der Waals surface area contributed by atoms with Gasteiger partial charge in [-0.15, -0.1) is 0 Å². The highest BCUT2D eigenvalue weighted by molar-refractivity contribution is 6.37. The highest BCUT2D eigenvalue weighted by Gasteiger charge is 2.73. The van der Waals surface area contributed by atoms with Crippen LogP contribution < -0.4 is 21.7 Å². The van der Waals surface area contributed by atoms with Crippen LogP contribution in [0.15, 0.2) is 72.8 Å². The van der Waals surface area contributed by atoms with Crippen molar-refractivity contribution in [3.63, 3.8) is 0 Å². The number of esters is 1. The van der Waals surface area contributed by atoms with Gasteiger partial charge in [-0.2, -0.15) is 0 Å². The van der Waals surface area contributed by atoms with Crippen molar-refractivity contribution in [2.24, 2.45) is 5.73 Å². The molecule has 4 aromatic carbocycles. The Bertz CT molecular complexity index is 2360. The fourth-order valence-electron chi connectivity index (χ4n) is 9.12. The number of Topliss-reactive ketones (excluding diaryl/α,β-unsaturated/α-hetero) is 1. The summed E-state index contributed by atoms with van der Waals surface area (Å²) in [4.78, 5) is 49.3. The van der Waals surface area contributed by atoms with Crippen molar-refractivity contribution < 1.29 is 32.7 Å². The summed E-state index contributed by atoms with van der Waals surface area (Å²) in [6.07, 6.45) is 8.60. The molecule has 5 aliphatic rings. The number of ether oxygens (including phenoxy) is 1. The first-order valence-corrected chi connectivity index (χ1v) is 21.7. The SMILES string of the molecule is CCN.CCOC(=O)[C@@H]1NC2(CCCC2)[C@@]2(C(=O)Nc3cc(Cl)ccc32)[C@H]1c1cccc(Cl)c1F.O=C1CCCC1.O=C1Nc2cc(Cl)ccc2C1=Cc1cccc(Cl)c1F. The van der Waals surface area contributed by atoms with Crippen molar-refractivity contribution >= 4 is 93.0 Å². The molecule has 61 heavy (non-hydrogen) atoms. The van der Waals surface area contributed by atoms with Crippen molar-refractivity contribution in [2.75, 3.05) is 23.8 Å². The van der Waals surface area contributed by atoms with Gasteiger partial charge in [0.1, 0.15) is 28.9 Å². The Labute approximate surface area is 373 Å². The van der Waals surface area contributed by atoms with Crippen LogP contribution in [0.1, 0.15) is 93.4 Å². The molecule has 3 atom stereocenters. The normalized spacial score (nSPS) is 22.0. The molecular formula is C46H46Cl4F2N4O5. The Balaban J connectivity index is 0.000000181. The zero-order valence-electron chi connectivity index (χ0n) is 33.6. The van der Waals surface area contributed by atoms with Crippen LogP contribution in [0.4, 0.5) is 20.2 Å². The lowest BCUT2D eigenvalue weighted by Gasteiger charge is -2.42. The lowest BCUT2D eigenvalue weighted by molar-refractivity contribution is -0.146. The molecule has 2 aliphatic carbocycles. The number of carbonyl (C=O) groups excluding carboxylic acids is 4. The van der Waals surface area contributed by atoms with Gasteiger partial charge in [0.25, 0.3) is 5.91 Å². The largest absolute Gasteiger partial charge is 0.465 e. The number of amides is 2. The predicted molar refractivity (Wildman–Crippen MR) is 238 cm³/mol. The van der Waals surface area contributed by atoms with Gasteiger partial charge in [-0.3, -0.25) is 24.5 Å². The second-order valence-electron chi connectivity index (χ2n) is 15.2. The third-order valence-corrected chi connectivity index (χ3v) is 12.6. The van der Waals surface area contributed by atoms with E-state index >= 15 is 4.39 Å². The molecule has 0 bridgehead atoms. The second kappa shape index (κ2) is 19.8. The number of hydrogen-bond acceptors (Lipinski definition) is 7. The molecule has 3 heterocycles. The van der Waals surface area contributed by atoms with Gasteiger partial charge in [0.05, 0.1) is 22.3 Å². The number of nitrogens with one attached hydrogen (secondary N) is 3. The summed E-state index contributed by atoms with van der Waals surface area (Å²) in [7, 11) is 0. The summed E-state index contributed by atoms with van der Waals surface area (Å²) in [5.41, 5.74) is 6.41. The van der Waals surface area contributed by atoms with E-state index in [4.69, 9.17) is 56.9 Å². The zero-order valence-corrected chi connectivity index (χ0v) is 36.6. The first kappa shape index (κ1) is 46.2. The quantitative estimate of drug-likeness (QED) is 0.118. The molecule has 0 radical (unpaired) electrons. The Morgan fingerprint density at radius 3 is 2.05 bits per heavy atom. The predicted octanol–water partition coefficient (Wildman–Crippen LogP) is 10.7. The van der Waals surface area contributed by atoms with E-state index in [1.807, 2.05) is 13.0 Å². The van der Waals surface area contributed by atoms with Gasteiger partial charge in [0.2, 0.25) is 5.91 Å². The average Bonchev–Trinajstić information content (AvgIpc) is 4.06. The van der Waals surface area contributed by atoms with Gasteiger partial charge in [-0.25, -0.2) is 8.78 Å². The monoisotopic (exact) mass is 912 g/mol. The summed E-state index contributed by atoms with van der Waals surface area (Å²) in [5.74, 6) is -2.62. The lowest BCUT2D eigenvalue weighted by atomic mass is 9.58. The van der Waals surface area contributed by atoms with Crippen molar-refractivity contribution in [2.45, 2.75) is 88.1 Å². The molecule has 1 saturated heterocycles. The van der Waals surface area contributed by atoms with Crippen molar-refractivity contribution in [1.82, 2.24) is 5.32 Å². The third-order valence-electron chi connectivity index (χ3n) is 11.5. The maximum absolute atomic E-state index is 15.5. The maximum atomic E-state index is 15.5. The molecule has 0 aromatic heterocycles. The molecule has 3 aliphatic heterocycles. The molecule has 9 rings (SSSR count). The Morgan fingerprint density at radius 1 is 0.820 bits per heavy atom. The molecule has 3 fully saturated rings. The third kappa shape index (κ3) is 9.10. The minimum atomic E-state index is -1.22. The van der Waals surface area contributed by atoms with Crippen LogP contribution in [0.2, 0.25) is 20.1 Å². The summed E-state index contributed by atoms with van der Waals surface area (Å²) in [6, 6.07) is 18.8. The number of anilines is 2. The van der Waals surface area contributed by atoms with Gasteiger partial charge in [-0.1, -0.05) is 103 Å². The van der Waals surface area contributed by atoms with Gasteiger partial charge in [0.15, 0.2) is 0 Å².